The van der Waals surface area contributed by atoms with Gasteiger partial charge >= 0.3 is 0 Å². The maximum atomic E-state index is 11.7. The van der Waals surface area contributed by atoms with Gasteiger partial charge in [-0.05, 0) is 37.4 Å². The Kier molecular flexibility index (Phi) is 4.08. The molecule has 7 heteroatoms. The van der Waals surface area contributed by atoms with Crippen LogP contribution in [0.15, 0.2) is 57.4 Å². The molecule has 5 nitrogen and oxygen atoms in total. The molecule has 0 amide bonds. The van der Waals surface area contributed by atoms with Crippen molar-refractivity contribution in [3.05, 3.63) is 42.7 Å². The predicted molar refractivity (Wildman–Crippen MR) is 75.5 cm³/mol. The fourth-order valence-electron chi connectivity index (χ4n) is 1.49. The lowest BCUT2D eigenvalue weighted by atomic mass is 10.3. The molecule has 0 saturated heterocycles. The van der Waals surface area contributed by atoms with E-state index in [-0.39, 0.29) is 10.6 Å². The molecule has 0 radical (unpaired) electrons. The monoisotopic (exact) mass is 295 g/mol. The number of anilines is 1. The quantitative estimate of drug-likeness (QED) is 0.839. The van der Waals surface area contributed by atoms with Crippen LogP contribution in [0.2, 0.25) is 0 Å². The van der Waals surface area contributed by atoms with E-state index in [0.717, 1.165) is 9.79 Å². The Morgan fingerprint density at radius 1 is 1.16 bits per heavy atom. The molecule has 0 fully saturated rings. The summed E-state index contributed by atoms with van der Waals surface area (Å²) in [5.74, 6) is 0. The number of hydrogen-bond acceptors (Lipinski definition) is 5. The Labute approximate surface area is 116 Å². The van der Waals surface area contributed by atoms with E-state index in [1.165, 1.54) is 24.9 Å². The van der Waals surface area contributed by atoms with Crippen molar-refractivity contribution in [3.8, 4) is 0 Å². The first-order chi connectivity index (χ1) is 9.03. The molecule has 0 atom stereocenters. The normalized spacial score (nSPS) is 11.4. The third-order valence-corrected chi connectivity index (χ3v) is 4.91. The Hall–Kier alpha value is -1.57. The summed E-state index contributed by atoms with van der Waals surface area (Å²) in [5, 5.41) is 0. The second-order valence-electron chi connectivity index (χ2n) is 3.69. The Morgan fingerprint density at radius 3 is 2.42 bits per heavy atom. The van der Waals surface area contributed by atoms with Gasteiger partial charge in [-0.2, -0.15) is 0 Å². The number of nitrogen functional groups attached to an aromatic ring is 1. The van der Waals surface area contributed by atoms with Crippen molar-refractivity contribution in [3.63, 3.8) is 0 Å². The van der Waals surface area contributed by atoms with E-state index in [0.29, 0.717) is 0 Å². The lowest BCUT2D eigenvalue weighted by Gasteiger charge is -2.08. The van der Waals surface area contributed by atoms with E-state index in [9.17, 15) is 8.42 Å². The molecule has 0 bridgehead atoms. The third-order valence-electron chi connectivity index (χ3n) is 2.42. The zero-order valence-electron chi connectivity index (χ0n) is 10.2. The van der Waals surface area contributed by atoms with Crippen molar-refractivity contribution >= 4 is 27.5 Å². The number of aromatic nitrogens is 1. The summed E-state index contributed by atoms with van der Waals surface area (Å²) in [4.78, 5) is 5.91. The second kappa shape index (κ2) is 5.60. The molecular weight excluding hydrogens is 282 g/mol. The molecule has 0 unspecified atom stereocenters. The molecule has 0 spiro atoms. The molecule has 100 valence electrons. The van der Waals surface area contributed by atoms with E-state index in [1.54, 1.807) is 24.5 Å². The van der Waals surface area contributed by atoms with Gasteiger partial charge in [0, 0.05) is 22.2 Å². The zero-order chi connectivity index (χ0) is 13.9. The minimum atomic E-state index is -3.51. The van der Waals surface area contributed by atoms with Crippen LogP contribution in [0, 0.1) is 0 Å². The highest BCUT2D eigenvalue weighted by Crippen LogP contribution is 2.30. The molecule has 3 N–H and O–H groups in total. The molecule has 19 heavy (non-hydrogen) atoms. The Morgan fingerprint density at radius 2 is 1.84 bits per heavy atom. The smallest absolute Gasteiger partial charge is 0.242 e. The number of nitrogens with two attached hydrogens (primary N) is 1. The van der Waals surface area contributed by atoms with Crippen LogP contribution in [0.3, 0.4) is 0 Å². The van der Waals surface area contributed by atoms with Gasteiger partial charge in [0.05, 0.1) is 5.69 Å². The van der Waals surface area contributed by atoms with Crippen molar-refractivity contribution in [2.45, 2.75) is 14.7 Å². The van der Waals surface area contributed by atoms with E-state index < -0.39 is 10.0 Å². The zero-order valence-corrected chi connectivity index (χ0v) is 11.8. The van der Waals surface area contributed by atoms with Crippen LogP contribution in [-0.4, -0.2) is 20.4 Å². The lowest BCUT2D eigenvalue weighted by molar-refractivity contribution is 0.588. The van der Waals surface area contributed by atoms with Crippen LogP contribution in [-0.2, 0) is 10.0 Å². The van der Waals surface area contributed by atoms with Gasteiger partial charge in [0.15, 0.2) is 0 Å². The highest BCUT2D eigenvalue weighted by atomic mass is 32.2. The van der Waals surface area contributed by atoms with Crippen LogP contribution in [0.25, 0.3) is 0 Å². The average molecular weight is 295 g/mol. The minimum absolute atomic E-state index is 0.0917. The SMILES string of the molecule is CNS(=O)(=O)c1ccc(Sc2ccncc2)cc1N. The van der Waals surface area contributed by atoms with E-state index >= 15 is 0 Å². The lowest BCUT2D eigenvalue weighted by Crippen LogP contribution is -2.19. The number of rotatable bonds is 4. The molecule has 2 aromatic rings. The topological polar surface area (TPSA) is 85.1 Å². The van der Waals surface area contributed by atoms with E-state index in [4.69, 9.17) is 5.73 Å². The van der Waals surface area contributed by atoms with Crippen molar-refractivity contribution < 1.29 is 8.42 Å². The summed E-state index contributed by atoms with van der Waals surface area (Å²) in [6.45, 7) is 0. The highest BCUT2D eigenvalue weighted by molar-refractivity contribution is 7.99. The van der Waals surface area contributed by atoms with E-state index in [2.05, 4.69) is 9.71 Å². The fraction of sp³-hybridized carbons (Fsp3) is 0.0833. The maximum absolute atomic E-state index is 11.7. The minimum Gasteiger partial charge on any atom is -0.398 e. The molecule has 0 aliphatic rings. The van der Waals surface area contributed by atoms with Crippen molar-refractivity contribution in [1.82, 2.24) is 9.71 Å². The summed E-state index contributed by atoms with van der Waals surface area (Å²) < 4.78 is 25.6. The Balaban J connectivity index is 2.30. The number of nitrogens with zero attached hydrogens (tertiary/aromatic N) is 1. The Bertz CT molecular complexity index is 673. The molecule has 0 aliphatic carbocycles. The number of sulfonamides is 1. The number of pyridine rings is 1. The number of hydrogen-bond donors (Lipinski definition) is 2. The standard InChI is InChI=1S/C12H13N3O2S2/c1-14-19(16,17)12-3-2-10(8-11(12)13)18-9-4-6-15-7-5-9/h2-8,14H,13H2,1H3. The molecule has 1 aromatic carbocycles. The first-order valence-corrected chi connectivity index (χ1v) is 7.74. The molecule has 1 heterocycles. The predicted octanol–water partition coefficient (Wildman–Crippen LogP) is 1.72. The van der Waals surface area contributed by atoms with Crippen molar-refractivity contribution in [1.29, 1.82) is 0 Å². The summed E-state index contributed by atoms with van der Waals surface area (Å²) in [5.41, 5.74) is 6.02. The van der Waals surface area contributed by atoms with Crippen LogP contribution in [0.4, 0.5) is 5.69 Å². The molecule has 0 aliphatic heterocycles. The van der Waals surface area contributed by atoms with Crippen LogP contribution in [0.5, 0.6) is 0 Å². The first-order valence-electron chi connectivity index (χ1n) is 5.44. The highest BCUT2D eigenvalue weighted by Gasteiger charge is 2.15. The largest absolute Gasteiger partial charge is 0.398 e. The van der Waals surface area contributed by atoms with Gasteiger partial charge in [0.1, 0.15) is 4.90 Å². The maximum Gasteiger partial charge on any atom is 0.242 e. The second-order valence-corrected chi connectivity index (χ2v) is 6.69. The van der Waals surface area contributed by atoms with Crippen molar-refractivity contribution in [2.24, 2.45) is 0 Å². The van der Waals surface area contributed by atoms with Gasteiger partial charge in [0.2, 0.25) is 10.0 Å². The van der Waals surface area contributed by atoms with Gasteiger partial charge in [0.25, 0.3) is 0 Å². The fourth-order valence-corrected chi connectivity index (χ4v) is 3.18. The van der Waals surface area contributed by atoms with Crippen LogP contribution >= 0.6 is 11.8 Å². The molecule has 0 saturated carbocycles. The van der Waals surface area contributed by atoms with Crippen molar-refractivity contribution in [2.75, 3.05) is 12.8 Å². The van der Waals surface area contributed by atoms with Gasteiger partial charge in [-0.1, -0.05) is 11.8 Å². The van der Waals surface area contributed by atoms with Gasteiger partial charge in [-0.25, -0.2) is 13.1 Å². The number of benzene rings is 1. The first kappa shape index (κ1) is 13.9. The molecular formula is C12H13N3O2S2. The molecule has 2 rings (SSSR count). The van der Waals surface area contributed by atoms with Crippen LogP contribution in [0.1, 0.15) is 0 Å². The summed E-state index contributed by atoms with van der Waals surface area (Å²) in [7, 11) is -2.16. The number of nitrogens with one attached hydrogen (secondary N) is 1. The van der Waals surface area contributed by atoms with Gasteiger partial charge in [-0.15, -0.1) is 0 Å². The van der Waals surface area contributed by atoms with E-state index in [1.807, 2.05) is 12.1 Å². The molecule has 1 aromatic heterocycles. The van der Waals surface area contributed by atoms with Gasteiger partial charge in [-0.3, -0.25) is 4.98 Å². The summed E-state index contributed by atoms with van der Waals surface area (Å²) in [6.07, 6.45) is 3.40. The summed E-state index contributed by atoms with van der Waals surface area (Å²) >= 11 is 1.49. The summed E-state index contributed by atoms with van der Waals surface area (Å²) in [6, 6.07) is 8.63. The average Bonchev–Trinajstić information content (AvgIpc) is 2.39. The van der Waals surface area contributed by atoms with Gasteiger partial charge < -0.3 is 5.73 Å². The third kappa shape index (κ3) is 3.25. The van der Waals surface area contributed by atoms with Crippen LogP contribution < -0.4 is 10.5 Å².